The van der Waals surface area contributed by atoms with Gasteiger partial charge in [0.1, 0.15) is 5.82 Å². The molecule has 0 aliphatic carbocycles. The van der Waals surface area contributed by atoms with Crippen LogP contribution in [0.5, 0.6) is 0 Å². The minimum absolute atomic E-state index is 0.691. The van der Waals surface area contributed by atoms with Crippen molar-refractivity contribution in [2.24, 2.45) is 5.92 Å². The third-order valence-electron chi connectivity index (χ3n) is 3.41. The largest absolute Gasteiger partial charge is 0.355 e. The molecule has 2 aromatic heterocycles. The highest BCUT2D eigenvalue weighted by Crippen LogP contribution is 2.23. The molecule has 4 nitrogen and oxygen atoms in total. The molecule has 1 aliphatic heterocycles. The van der Waals surface area contributed by atoms with Gasteiger partial charge in [0, 0.05) is 37.9 Å². The van der Waals surface area contributed by atoms with Crippen LogP contribution in [0.1, 0.15) is 12.0 Å². The minimum atomic E-state index is 0.691. The molecule has 1 fully saturated rings. The molecule has 0 N–H and O–H groups in total. The van der Waals surface area contributed by atoms with Crippen molar-refractivity contribution in [1.82, 2.24) is 15.0 Å². The number of aromatic nitrogens is 3. The molecule has 0 spiro atoms. The van der Waals surface area contributed by atoms with Gasteiger partial charge in [-0.25, -0.2) is 4.98 Å². The Bertz CT molecular complexity index is 486. The first-order valence-corrected chi connectivity index (χ1v) is 6.31. The molecule has 0 bridgehead atoms. The lowest BCUT2D eigenvalue weighted by molar-refractivity contribution is 0.585. The van der Waals surface area contributed by atoms with Gasteiger partial charge in [0.2, 0.25) is 0 Å². The number of rotatable bonds is 3. The number of anilines is 1. The van der Waals surface area contributed by atoms with Crippen LogP contribution in [-0.2, 0) is 6.42 Å². The molecule has 4 heteroatoms. The zero-order valence-corrected chi connectivity index (χ0v) is 10.2. The molecule has 1 atom stereocenters. The van der Waals surface area contributed by atoms with Gasteiger partial charge in [-0.15, -0.1) is 0 Å². The molecule has 0 aromatic carbocycles. The fourth-order valence-corrected chi connectivity index (χ4v) is 2.51. The summed E-state index contributed by atoms with van der Waals surface area (Å²) < 4.78 is 0. The zero-order chi connectivity index (χ0) is 12.2. The lowest BCUT2D eigenvalue weighted by Gasteiger charge is -2.16. The van der Waals surface area contributed by atoms with Crippen LogP contribution in [-0.4, -0.2) is 28.0 Å². The summed E-state index contributed by atoms with van der Waals surface area (Å²) in [5.41, 5.74) is 1.32. The van der Waals surface area contributed by atoms with E-state index in [9.17, 15) is 0 Å². The number of hydrogen-bond acceptors (Lipinski definition) is 4. The van der Waals surface area contributed by atoms with Crippen molar-refractivity contribution >= 4 is 5.82 Å². The van der Waals surface area contributed by atoms with Crippen LogP contribution in [0.15, 0.2) is 43.1 Å². The summed E-state index contributed by atoms with van der Waals surface area (Å²) in [6.45, 7) is 2.14. The summed E-state index contributed by atoms with van der Waals surface area (Å²) in [6.07, 6.45) is 11.4. The van der Waals surface area contributed by atoms with E-state index in [0.29, 0.717) is 5.92 Å². The Morgan fingerprint density at radius 2 is 2.11 bits per heavy atom. The predicted molar refractivity (Wildman–Crippen MR) is 70.3 cm³/mol. The van der Waals surface area contributed by atoms with E-state index in [1.54, 1.807) is 12.4 Å². The first-order chi connectivity index (χ1) is 8.92. The van der Waals surface area contributed by atoms with Crippen LogP contribution >= 0.6 is 0 Å². The van der Waals surface area contributed by atoms with Gasteiger partial charge in [0.15, 0.2) is 0 Å². The van der Waals surface area contributed by atoms with E-state index >= 15 is 0 Å². The van der Waals surface area contributed by atoms with Crippen molar-refractivity contribution in [3.63, 3.8) is 0 Å². The van der Waals surface area contributed by atoms with Crippen LogP contribution in [0.2, 0.25) is 0 Å². The maximum absolute atomic E-state index is 4.35. The monoisotopic (exact) mass is 240 g/mol. The summed E-state index contributed by atoms with van der Waals surface area (Å²) in [5.74, 6) is 1.68. The molecule has 0 unspecified atom stereocenters. The van der Waals surface area contributed by atoms with Crippen LogP contribution in [0, 0.1) is 5.92 Å². The summed E-state index contributed by atoms with van der Waals surface area (Å²) in [5, 5.41) is 0. The number of pyridine rings is 1. The van der Waals surface area contributed by atoms with Gasteiger partial charge in [-0.05, 0) is 30.4 Å². The van der Waals surface area contributed by atoms with Gasteiger partial charge in [-0.1, -0.05) is 6.07 Å². The summed E-state index contributed by atoms with van der Waals surface area (Å²) in [6, 6.07) is 4.16. The fraction of sp³-hybridized carbons (Fsp3) is 0.357. The van der Waals surface area contributed by atoms with E-state index in [0.717, 1.165) is 25.3 Å². The Labute approximate surface area is 107 Å². The van der Waals surface area contributed by atoms with Gasteiger partial charge in [-0.3, -0.25) is 9.97 Å². The van der Waals surface area contributed by atoms with E-state index < -0.39 is 0 Å². The van der Waals surface area contributed by atoms with Gasteiger partial charge in [0.05, 0.1) is 6.20 Å². The maximum Gasteiger partial charge on any atom is 0.147 e. The Balaban J connectivity index is 1.62. The van der Waals surface area contributed by atoms with Crippen LogP contribution in [0.3, 0.4) is 0 Å². The molecule has 92 valence electrons. The van der Waals surface area contributed by atoms with Crippen molar-refractivity contribution in [2.45, 2.75) is 12.8 Å². The Kier molecular flexibility index (Phi) is 3.17. The third-order valence-corrected chi connectivity index (χ3v) is 3.41. The molecule has 0 saturated carbocycles. The molecule has 1 saturated heterocycles. The molecule has 1 aliphatic rings. The molecule has 0 amide bonds. The lowest BCUT2D eigenvalue weighted by Crippen LogP contribution is -2.21. The minimum Gasteiger partial charge on any atom is -0.355 e. The smallest absolute Gasteiger partial charge is 0.147 e. The average molecular weight is 240 g/mol. The standard InChI is InChI=1S/C14H16N4/c1-2-12(9-15-4-1)8-13-3-7-18(11-13)14-10-16-5-6-17-14/h1-2,4-6,9-10,13H,3,7-8,11H2/t13-/m0/s1. The summed E-state index contributed by atoms with van der Waals surface area (Å²) in [7, 11) is 0. The Morgan fingerprint density at radius 1 is 1.17 bits per heavy atom. The number of hydrogen-bond donors (Lipinski definition) is 0. The maximum atomic E-state index is 4.35. The van der Waals surface area contributed by atoms with E-state index in [1.165, 1.54) is 12.0 Å². The molecule has 3 rings (SSSR count). The van der Waals surface area contributed by atoms with Gasteiger partial charge in [0.25, 0.3) is 0 Å². The Morgan fingerprint density at radius 3 is 2.89 bits per heavy atom. The quantitative estimate of drug-likeness (QED) is 0.822. The highest BCUT2D eigenvalue weighted by molar-refractivity contribution is 5.36. The third kappa shape index (κ3) is 2.47. The Hall–Kier alpha value is -1.97. The zero-order valence-electron chi connectivity index (χ0n) is 10.2. The summed E-state index contributed by atoms with van der Waals surface area (Å²) in [4.78, 5) is 15.0. The molecule has 0 radical (unpaired) electrons. The SMILES string of the molecule is c1cncc(C[C@@H]2CCN(c3cnccn3)C2)c1. The van der Waals surface area contributed by atoms with Gasteiger partial charge in [-0.2, -0.15) is 0 Å². The summed E-state index contributed by atoms with van der Waals surface area (Å²) >= 11 is 0. The van der Waals surface area contributed by atoms with Crippen molar-refractivity contribution in [3.05, 3.63) is 48.7 Å². The van der Waals surface area contributed by atoms with Crippen molar-refractivity contribution < 1.29 is 0 Å². The van der Waals surface area contributed by atoms with Crippen molar-refractivity contribution in [3.8, 4) is 0 Å². The van der Waals surface area contributed by atoms with Gasteiger partial charge < -0.3 is 4.90 Å². The van der Waals surface area contributed by atoms with Gasteiger partial charge >= 0.3 is 0 Å². The van der Waals surface area contributed by atoms with Crippen LogP contribution < -0.4 is 4.90 Å². The average Bonchev–Trinajstić information content (AvgIpc) is 2.89. The second-order valence-electron chi connectivity index (χ2n) is 4.73. The van der Waals surface area contributed by atoms with E-state index in [2.05, 4.69) is 25.9 Å². The number of nitrogens with zero attached hydrogens (tertiary/aromatic N) is 4. The topological polar surface area (TPSA) is 41.9 Å². The van der Waals surface area contributed by atoms with E-state index in [1.807, 2.05) is 24.7 Å². The molecule has 3 heterocycles. The fourth-order valence-electron chi connectivity index (χ4n) is 2.51. The van der Waals surface area contributed by atoms with Crippen LogP contribution in [0.25, 0.3) is 0 Å². The second kappa shape index (κ2) is 5.12. The van der Waals surface area contributed by atoms with Crippen LogP contribution in [0.4, 0.5) is 5.82 Å². The molecular formula is C14H16N4. The first-order valence-electron chi connectivity index (χ1n) is 6.31. The molecule has 2 aromatic rings. The first kappa shape index (κ1) is 11.1. The normalized spacial score (nSPS) is 19.1. The lowest BCUT2D eigenvalue weighted by atomic mass is 10.0. The second-order valence-corrected chi connectivity index (χ2v) is 4.73. The van der Waals surface area contributed by atoms with Crippen molar-refractivity contribution in [1.29, 1.82) is 0 Å². The predicted octanol–water partition coefficient (Wildman–Crippen LogP) is 1.94. The van der Waals surface area contributed by atoms with E-state index in [-0.39, 0.29) is 0 Å². The highest BCUT2D eigenvalue weighted by atomic mass is 15.2. The van der Waals surface area contributed by atoms with E-state index in [4.69, 9.17) is 0 Å². The molecular weight excluding hydrogens is 224 g/mol. The highest BCUT2D eigenvalue weighted by Gasteiger charge is 2.23. The molecule has 18 heavy (non-hydrogen) atoms. The van der Waals surface area contributed by atoms with Crippen molar-refractivity contribution in [2.75, 3.05) is 18.0 Å².